The van der Waals surface area contributed by atoms with Crippen LogP contribution in [-0.2, 0) is 4.79 Å². The molecule has 0 bridgehead atoms. The number of hydrogen-bond donors (Lipinski definition) is 1. The van der Waals surface area contributed by atoms with Crippen LogP contribution in [0.3, 0.4) is 0 Å². The second-order valence-corrected chi connectivity index (χ2v) is 8.40. The number of carbonyl (C=O) groups excluding carboxylic acids is 2. The summed E-state index contributed by atoms with van der Waals surface area (Å²) in [7, 11) is 0. The van der Waals surface area contributed by atoms with E-state index in [0.717, 1.165) is 53.8 Å². The van der Waals surface area contributed by atoms with Crippen LogP contribution < -0.4 is 10.5 Å². The van der Waals surface area contributed by atoms with Crippen molar-refractivity contribution in [1.29, 1.82) is 0 Å². The first kappa shape index (κ1) is 21.4. The van der Waals surface area contributed by atoms with E-state index in [1.165, 1.54) is 6.42 Å². The third-order valence-electron chi connectivity index (χ3n) is 5.74. The number of carbonyl (C=O) groups is 2. The second-order valence-electron chi connectivity index (χ2n) is 7.97. The Morgan fingerprint density at radius 3 is 2.45 bits per heavy atom. The number of amides is 1. The standard InChI is InChI=1S/C24H26ClN3O3/c1-16-24(22(29)14-27-11-3-2-4-12-27)20-10-9-19(31-15-23(26)30)13-21(20)28(16)18-7-5-17(25)6-8-18/h5-10,13H,2-4,11-12,14-15H2,1H3,(H2,26,30). The lowest BCUT2D eigenvalue weighted by molar-refractivity contribution is -0.119. The maximum absolute atomic E-state index is 13.4. The predicted octanol–water partition coefficient (Wildman–Crippen LogP) is 4.13. The van der Waals surface area contributed by atoms with Crippen LogP contribution in [0.25, 0.3) is 16.6 Å². The topological polar surface area (TPSA) is 77.6 Å². The fraction of sp³-hybridized carbons (Fsp3) is 0.333. The van der Waals surface area contributed by atoms with E-state index in [1.54, 1.807) is 6.07 Å². The van der Waals surface area contributed by atoms with Crippen molar-refractivity contribution in [3.8, 4) is 11.4 Å². The summed E-state index contributed by atoms with van der Waals surface area (Å²) in [6, 6.07) is 13.0. The molecule has 0 aliphatic carbocycles. The highest BCUT2D eigenvalue weighted by atomic mass is 35.5. The summed E-state index contributed by atoms with van der Waals surface area (Å²) in [5.41, 5.74) is 8.54. The summed E-state index contributed by atoms with van der Waals surface area (Å²) < 4.78 is 7.55. The van der Waals surface area contributed by atoms with Crippen LogP contribution in [0.1, 0.15) is 35.3 Å². The monoisotopic (exact) mass is 439 g/mol. The molecule has 31 heavy (non-hydrogen) atoms. The van der Waals surface area contributed by atoms with E-state index in [2.05, 4.69) is 4.90 Å². The van der Waals surface area contributed by atoms with Gasteiger partial charge in [-0.15, -0.1) is 0 Å². The van der Waals surface area contributed by atoms with E-state index in [-0.39, 0.29) is 12.4 Å². The van der Waals surface area contributed by atoms with E-state index in [4.69, 9.17) is 22.1 Å². The Hall–Kier alpha value is -2.83. The number of ketones is 1. The van der Waals surface area contributed by atoms with Gasteiger partial charge in [0.25, 0.3) is 5.91 Å². The van der Waals surface area contributed by atoms with Gasteiger partial charge in [-0.3, -0.25) is 14.5 Å². The Kier molecular flexibility index (Phi) is 6.30. The summed E-state index contributed by atoms with van der Waals surface area (Å²) in [5.74, 6) is 0.0960. The Bertz CT molecular complexity index is 1120. The van der Waals surface area contributed by atoms with Crippen LogP contribution >= 0.6 is 11.6 Å². The number of fused-ring (bicyclic) bond motifs is 1. The smallest absolute Gasteiger partial charge is 0.255 e. The SMILES string of the molecule is Cc1c(C(=O)CN2CCCCC2)c2ccc(OCC(N)=O)cc2n1-c1ccc(Cl)cc1. The number of Topliss-reactive ketones (excluding diaryl/α,β-unsaturated/α-hetero) is 1. The number of ether oxygens (including phenoxy) is 1. The normalized spacial score (nSPS) is 14.6. The van der Waals surface area contributed by atoms with Crippen molar-refractivity contribution < 1.29 is 14.3 Å². The number of rotatable bonds is 7. The summed E-state index contributed by atoms with van der Waals surface area (Å²) in [6.45, 7) is 4.10. The van der Waals surface area contributed by atoms with Gasteiger partial charge in [0.15, 0.2) is 12.4 Å². The first-order valence-electron chi connectivity index (χ1n) is 10.5. The highest BCUT2D eigenvalue weighted by Crippen LogP contribution is 2.33. The lowest BCUT2D eigenvalue weighted by Gasteiger charge is -2.25. The molecule has 0 spiro atoms. The van der Waals surface area contributed by atoms with Crippen molar-refractivity contribution in [2.45, 2.75) is 26.2 Å². The van der Waals surface area contributed by atoms with E-state index < -0.39 is 5.91 Å². The molecule has 0 radical (unpaired) electrons. The van der Waals surface area contributed by atoms with E-state index in [0.29, 0.717) is 17.3 Å². The molecule has 1 aliphatic heterocycles. The van der Waals surface area contributed by atoms with E-state index >= 15 is 0 Å². The van der Waals surface area contributed by atoms with Gasteiger partial charge in [-0.05, 0) is 69.3 Å². The number of nitrogens with two attached hydrogens (primary N) is 1. The third kappa shape index (κ3) is 4.60. The average Bonchev–Trinajstić information content (AvgIpc) is 3.05. The molecule has 1 saturated heterocycles. The molecule has 2 heterocycles. The van der Waals surface area contributed by atoms with Gasteiger partial charge in [-0.1, -0.05) is 18.0 Å². The summed E-state index contributed by atoms with van der Waals surface area (Å²) in [5, 5.41) is 1.51. The summed E-state index contributed by atoms with van der Waals surface area (Å²) in [6.07, 6.45) is 3.51. The number of primary amides is 1. The molecule has 1 amide bonds. The quantitative estimate of drug-likeness (QED) is 0.561. The zero-order chi connectivity index (χ0) is 22.0. The number of hydrogen-bond acceptors (Lipinski definition) is 4. The molecule has 2 N–H and O–H groups in total. The van der Waals surface area contributed by atoms with Gasteiger partial charge in [0.2, 0.25) is 0 Å². The van der Waals surface area contributed by atoms with Crippen molar-refractivity contribution in [2.75, 3.05) is 26.2 Å². The summed E-state index contributed by atoms with van der Waals surface area (Å²) >= 11 is 6.08. The van der Waals surface area contributed by atoms with Gasteiger partial charge in [0, 0.05) is 33.4 Å². The summed E-state index contributed by atoms with van der Waals surface area (Å²) in [4.78, 5) is 26.7. The average molecular weight is 440 g/mol. The second kappa shape index (κ2) is 9.12. The minimum Gasteiger partial charge on any atom is -0.484 e. The van der Waals surface area contributed by atoms with E-state index in [1.807, 2.05) is 47.9 Å². The number of piperidine rings is 1. The molecule has 6 nitrogen and oxygen atoms in total. The van der Waals surface area contributed by atoms with Crippen LogP contribution in [0, 0.1) is 6.92 Å². The van der Waals surface area contributed by atoms with Gasteiger partial charge in [-0.2, -0.15) is 0 Å². The van der Waals surface area contributed by atoms with Crippen molar-refractivity contribution >= 4 is 34.2 Å². The van der Waals surface area contributed by atoms with Crippen LogP contribution in [-0.4, -0.2) is 47.4 Å². The van der Waals surface area contributed by atoms with Crippen LogP contribution in [0.4, 0.5) is 0 Å². The molecule has 7 heteroatoms. The number of aromatic nitrogens is 1. The highest BCUT2D eigenvalue weighted by molar-refractivity contribution is 6.30. The van der Waals surface area contributed by atoms with Gasteiger partial charge < -0.3 is 15.0 Å². The molecule has 0 atom stereocenters. The molecule has 162 valence electrons. The fourth-order valence-electron chi connectivity index (χ4n) is 4.31. The Balaban J connectivity index is 1.79. The first-order chi connectivity index (χ1) is 14.9. The molecule has 1 fully saturated rings. The van der Waals surface area contributed by atoms with Crippen molar-refractivity contribution in [3.63, 3.8) is 0 Å². The number of halogens is 1. The van der Waals surface area contributed by atoms with Crippen LogP contribution in [0.5, 0.6) is 5.75 Å². The molecule has 2 aromatic carbocycles. The number of benzene rings is 2. The van der Waals surface area contributed by atoms with Crippen molar-refractivity contribution in [3.05, 3.63) is 58.7 Å². The van der Waals surface area contributed by atoms with Gasteiger partial charge >= 0.3 is 0 Å². The lowest BCUT2D eigenvalue weighted by atomic mass is 10.0. The minimum atomic E-state index is -0.540. The molecule has 0 unspecified atom stereocenters. The zero-order valence-corrected chi connectivity index (χ0v) is 18.3. The van der Waals surface area contributed by atoms with Gasteiger partial charge in [0.05, 0.1) is 12.1 Å². The molecule has 0 saturated carbocycles. The Morgan fingerprint density at radius 2 is 1.77 bits per heavy atom. The highest BCUT2D eigenvalue weighted by Gasteiger charge is 2.23. The number of likely N-dealkylation sites (tertiary alicyclic amines) is 1. The molecular formula is C24H26ClN3O3. The van der Waals surface area contributed by atoms with Gasteiger partial charge in [-0.25, -0.2) is 0 Å². The zero-order valence-electron chi connectivity index (χ0n) is 17.6. The maximum Gasteiger partial charge on any atom is 0.255 e. The lowest BCUT2D eigenvalue weighted by Crippen LogP contribution is -2.34. The van der Waals surface area contributed by atoms with E-state index in [9.17, 15) is 9.59 Å². The Labute approximate surface area is 186 Å². The van der Waals surface area contributed by atoms with Gasteiger partial charge in [0.1, 0.15) is 5.75 Å². The fourth-order valence-corrected chi connectivity index (χ4v) is 4.44. The molecule has 1 aliphatic rings. The van der Waals surface area contributed by atoms with Crippen molar-refractivity contribution in [1.82, 2.24) is 9.47 Å². The van der Waals surface area contributed by atoms with Crippen LogP contribution in [0.2, 0.25) is 5.02 Å². The van der Waals surface area contributed by atoms with Crippen LogP contribution in [0.15, 0.2) is 42.5 Å². The minimum absolute atomic E-state index is 0.114. The predicted molar refractivity (Wildman–Crippen MR) is 122 cm³/mol. The third-order valence-corrected chi connectivity index (χ3v) is 5.99. The largest absolute Gasteiger partial charge is 0.484 e. The Morgan fingerprint density at radius 1 is 1.06 bits per heavy atom. The molecular weight excluding hydrogens is 414 g/mol. The van der Waals surface area contributed by atoms with Crippen molar-refractivity contribution in [2.24, 2.45) is 5.73 Å². The molecule has 1 aromatic heterocycles. The first-order valence-corrected chi connectivity index (χ1v) is 10.9. The number of nitrogens with zero attached hydrogens (tertiary/aromatic N) is 2. The molecule has 3 aromatic rings. The molecule has 4 rings (SSSR count). The maximum atomic E-state index is 13.4.